The molecular weight excluding hydrogens is 264 g/mol. The number of aromatic nitrogens is 1. The second kappa shape index (κ2) is 4.74. The van der Waals surface area contributed by atoms with E-state index in [4.69, 9.17) is 0 Å². The van der Waals surface area contributed by atoms with Crippen molar-refractivity contribution in [3.05, 3.63) is 52.3 Å². The maximum absolute atomic E-state index is 3.59. The van der Waals surface area contributed by atoms with Crippen molar-refractivity contribution in [2.75, 3.05) is 5.32 Å². The highest BCUT2D eigenvalue weighted by molar-refractivity contribution is 9.10. The van der Waals surface area contributed by atoms with Crippen molar-refractivity contribution < 1.29 is 0 Å². The highest BCUT2D eigenvalue weighted by Gasteiger charge is 2.02. The molecule has 0 fully saturated rings. The van der Waals surface area contributed by atoms with Crippen molar-refractivity contribution in [2.24, 2.45) is 7.05 Å². The molecule has 3 heteroatoms. The average molecular weight is 279 g/mol. The van der Waals surface area contributed by atoms with E-state index in [-0.39, 0.29) is 0 Å². The molecule has 84 valence electrons. The first-order valence-electron chi connectivity index (χ1n) is 5.27. The number of nitrogens with one attached hydrogen (secondary N) is 1. The van der Waals surface area contributed by atoms with Crippen molar-refractivity contribution in [1.82, 2.24) is 4.57 Å². The number of halogens is 1. The number of nitrogens with zero attached hydrogens (tertiary/aromatic N) is 1. The van der Waals surface area contributed by atoms with Crippen LogP contribution in [0.1, 0.15) is 11.3 Å². The lowest BCUT2D eigenvalue weighted by atomic mass is 10.2. The van der Waals surface area contributed by atoms with Crippen LogP contribution in [0.25, 0.3) is 0 Å². The van der Waals surface area contributed by atoms with Crippen LogP contribution < -0.4 is 5.32 Å². The van der Waals surface area contributed by atoms with Gasteiger partial charge in [0, 0.05) is 29.1 Å². The summed E-state index contributed by atoms with van der Waals surface area (Å²) in [4.78, 5) is 0. The summed E-state index contributed by atoms with van der Waals surface area (Å²) in [5.74, 6) is 0. The predicted octanol–water partition coefficient (Wildman–Crippen LogP) is 3.71. The van der Waals surface area contributed by atoms with Crippen molar-refractivity contribution >= 4 is 21.6 Å². The Hall–Kier alpha value is -1.22. The fourth-order valence-electron chi connectivity index (χ4n) is 1.65. The number of anilines is 1. The van der Waals surface area contributed by atoms with Crippen molar-refractivity contribution in [1.29, 1.82) is 0 Å². The standard InChI is InChI=1S/C13H15BrN2/c1-10-5-3-7-12(13(10)14)15-9-11-6-4-8-16(11)2/h3-8,15H,9H2,1-2H3. The second-order valence-corrected chi connectivity index (χ2v) is 4.69. The minimum absolute atomic E-state index is 0.839. The van der Waals surface area contributed by atoms with Crippen molar-refractivity contribution in [3.63, 3.8) is 0 Å². The zero-order chi connectivity index (χ0) is 11.5. The van der Waals surface area contributed by atoms with E-state index in [0.717, 1.165) is 16.7 Å². The summed E-state index contributed by atoms with van der Waals surface area (Å²) < 4.78 is 3.26. The van der Waals surface area contributed by atoms with Gasteiger partial charge in [-0.1, -0.05) is 12.1 Å². The van der Waals surface area contributed by atoms with Gasteiger partial charge < -0.3 is 9.88 Å². The Morgan fingerprint density at radius 3 is 2.75 bits per heavy atom. The van der Waals surface area contributed by atoms with E-state index < -0.39 is 0 Å². The van der Waals surface area contributed by atoms with Gasteiger partial charge in [-0.2, -0.15) is 0 Å². The number of aryl methyl sites for hydroxylation is 2. The molecule has 0 saturated heterocycles. The number of hydrogen-bond donors (Lipinski definition) is 1. The molecule has 0 spiro atoms. The van der Waals surface area contributed by atoms with Gasteiger partial charge in [-0.25, -0.2) is 0 Å². The molecule has 2 aromatic rings. The molecule has 0 radical (unpaired) electrons. The largest absolute Gasteiger partial charge is 0.379 e. The van der Waals surface area contributed by atoms with E-state index >= 15 is 0 Å². The van der Waals surface area contributed by atoms with Crippen LogP contribution in [0.4, 0.5) is 5.69 Å². The zero-order valence-corrected chi connectivity index (χ0v) is 11.1. The smallest absolute Gasteiger partial charge is 0.0553 e. The third-order valence-corrected chi connectivity index (χ3v) is 3.76. The SMILES string of the molecule is Cc1cccc(NCc2cccn2C)c1Br. The van der Waals surface area contributed by atoms with Crippen LogP contribution in [0, 0.1) is 6.92 Å². The van der Waals surface area contributed by atoms with Crippen molar-refractivity contribution in [3.8, 4) is 0 Å². The molecule has 0 aliphatic rings. The Kier molecular flexibility index (Phi) is 3.34. The lowest BCUT2D eigenvalue weighted by molar-refractivity contribution is 0.842. The third-order valence-electron chi connectivity index (χ3n) is 2.70. The normalized spacial score (nSPS) is 10.4. The summed E-state index contributed by atoms with van der Waals surface area (Å²) >= 11 is 3.59. The Balaban J connectivity index is 2.11. The van der Waals surface area contributed by atoms with Gasteiger partial charge in [0.05, 0.1) is 6.54 Å². The number of hydrogen-bond acceptors (Lipinski definition) is 1. The molecule has 0 bridgehead atoms. The maximum Gasteiger partial charge on any atom is 0.0553 e. The summed E-state index contributed by atoms with van der Waals surface area (Å²) in [6.07, 6.45) is 2.06. The predicted molar refractivity (Wildman–Crippen MR) is 71.6 cm³/mol. The van der Waals surface area contributed by atoms with Crippen LogP contribution in [0.15, 0.2) is 41.0 Å². The summed E-state index contributed by atoms with van der Waals surface area (Å²) in [5, 5.41) is 3.43. The van der Waals surface area contributed by atoms with E-state index in [2.05, 4.69) is 76.3 Å². The molecule has 1 aromatic heterocycles. The molecule has 1 heterocycles. The van der Waals surface area contributed by atoms with Crippen LogP contribution in [0.5, 0.6) is 0 Å². The number of rotatable bonds is 3. The zero-order valence-electron chi connectivity index (χ0n) is 9.50. The summed E-state index contributed by atoms with van der Waals surface area (Å²) in [6, 6.07) is 10.4. The van der Waals surface area contributed by atoms with E-state index in [1.165, 1.54) is 11.3 Å². The molecule has 0 amide bonds. The second-order valence-electron chi connectivity index (χ2n) is 3.90. The fourth-order valence-corrected chi connectivity index (χ4v) is 2.05. The molecular formula is C13H15BrN2. The van der Waals surface area contributed by atoms with Crippen LogP contribution in [-0.2, 0) is 13.6 Å². The summed E-state index contributed by atoms with van der Waals surface area (Å²) in [6.45, 7) is 2.93. The van der Waals surface area contributed by atoms with Crippen LogP contribution in [0.2, 0.25) is 0 Å². The molecule has 0 saturated carbocycles. The molecule has 0 aliphatic heterocycles. The van der Waals surface area contributed by atoms with Crippen LogP contribution in [0.3, 0.4) is 0 Å². The Bertz CT molecular complexity index is 488. The van der Waals surface area contributed by atoms with Gasteiger partial charge in [0.2, 0.25) is 0 Å². The molecule has 2 rings (SSSR count). The number of benzene rings is 1. The minimum Gasteiger partial charge on any atom is -0.379 e. The highest BCUT2D eigenvalue weighted by atomic mass is 79.9. The lowest BCUT2D eigenvalue weighted by Gasteiger charge is -2.10. The molecule has 1 aromatic carbocycles. The van der Waals surface area contributed by atoms with Gasteiger partial charge in [0.1, 0.15) is 0 Å². The van der Waals surface area contributed by atoms with Crippen molar-refractivity contribution in [2.45, 2.75) is 13.5 Å². The lowest BCUT2D eigenvalue weighted by Crippen LogP contribution is -2.04. The first-order valence-corrected chi connectivity index (χ1v) is 6.07. The van der Waals surface area contributed by atoms with Crippen LogP contribution >= 0.6 is 15.9 Å². The Morgan fingerprint density at radius 1 is 1.25 bits per heavy atom. The Labute approximate surface area is 104 Å². The minimum atomic E-state index is 0.839. The van der Waals surface area contributed by atoms with Gasteiger partial charge in [0.15, 0.2) is 0 Å². The molecule has 0 atom stereocenters. The topological polar surface area (TPSA) is 17.0 Å². The van der Waals surface area contributed by atoms with Gasteiger partial charge in [0.25, 0.3) is 0 Å². The fraction of sp³-hybridized carbons (Fsp3) is 0.231. The van der Waals surface area contributed by atoms with Gasteiger partial charge in [-0.15, -0.1) is 0 Å². The maximum atomic E-state index is 3.59. The van der Waals surface area contributed by atoms with E-state index in [0.29, 0.717) is 0 Å². The molecule has 0 aliphatic carbocycles. The summed E-state index contributed by atoms with van der Waals surface area (Å²) in [7, 11) is 2.06. The highest BCUT2D eigenvalue weighted by Crippen LogP contribution is 2.26. The molecule has 2 nitrogen and oxygen atoms in total. The molecule has 0 unspecified atom stereocenters. The average Bonchev–Trinajstić information content (AvgIpc) is 2.67. The molecule has 16 heavy (non-hydrogen) atoms. The van der Waals surface area contributed by atoms with E-state index in [1.54, 1.807) is 0 Å². The first kappa shape index (κ1) is 11.3. The van der Waals surface area contributed by atoms with Gasteiger partial charge >= 0.3 is 0 Å². The van der Waals surface area contributed by atoms with E-state index in [1.807, 2.05) is 0 Å². The molecule has 1 N–H and O–H groups in total. The van der Waals surface area contributed by atoms with Gasteiger partial charge in [-0.05, 0) is 46.6 Å². The van der Waals surface area contributed by atoms with Gasteiger partial charge in [-0.3, -0.25) is 0 Å². The van der Waals surface area contributed by atoms with E-state index in [9.17, 15) is 0 Å². The quantitative estimate of drug-likeness (QED) is 0.906. The third kappa shape index (κ3) is 2.30. The first-order chi connectivity index (χ1) is 7.68. The summed E-state index contributed by atoms with van der Waals surface area (Å²) in [5.41, 5.74) is 3.66. The monoisotopic (exact) mass is 278 g/mol. The van der Waals surface area contributed by atoms with Crippen LogP contribution in [-0.4, -0.2) is 4.57 Å². The Morgan fingerprint density at radius 2 is 2.06 bits per heavy atom.